The number of aliphatic hydroxyl groups is 1. The number of aliphatic hydroxyl groups excluding tert-OH is 1. The number of sulfonamides is 1. The summed E-state index contributed by atoms with van der Waals surface area (Å²) in [6.07, 6.45) is 0.745. The molecule has 0 saturated carbocycles. The van der Waals surface area contributed by atoms with E-state index in [9.17, 15) is 13.5 Å². The maximum atomic E-state index is 13.1. The van der Waals surface area contributed by atoms with Gasteiger partial charge >= 0.3 is 0 Å². The number of hydrogen-bond acceptors (Lipinski definition) is 8. The molecule has 1 aromatic carbocycles. The predicted octanol–water partition coefficient (Wildman–Crippen LogP) is 2.93. The largest absolute Gasteiger partial charge is 0.476 e. The SMILES string of the molecule is Cc1cccc(C)c1-c1cc(OC[C@H](N)CC(C)(C)C)nc(NS(=O)(=O)c2cc(CO)nn2C)n1. The van der Waals surface area contributed by atoms with Crippen LogP contribution in [0.2, 0.25) is 0 Å². The molecule has 0 fully saturated rings. The molecule has 0 unspecified atom stereocenters. The van der Waals surface area contributed by atoms with Crippen LogP contribution in [0, 0.1) is 19.3 Å². The molecule has 35 heavy (non-hydrogen) atoms. The number of benzene rings is 1. The molecular formula is C24H34N6O4S. The molecule has 0 aliphatic rings. The van der Waals surface area contributed by atoms with Gasteiger partial charge < -0.3 is 15.6 Å². The van der Waals surface area contributed by atoms with Gasteiger partial charge in [-0.3, -0.25) is 4.68 Å². The molecule has 1 atom stereocenters. The van der Waals surface area contributed by atoms with Gasteiger partial charge in [-0.05, 0) is 36.8 Å². The Bertz CT molecular complexity index is 1280. The average molecular weight is 503 g/mol. The highest BCUT2D eigenvalue weighted by Crippen LogP contribution is 2.29. The van der Waals surface area contributed by atoms with Crippen molar-refractivity contribution >= 4 is 16.0 Å². The zero-order chi connectivity index (χ0) is 26.0. The minimum atomic E-state index is -4.09. The minimum Gasteiger partial charge on any atom is -0.476 e. The molecule has 4 N–H and O–H groups in total. The molecule has 0 aliphatic heterocycles. The van der Waals surface area contributed by atoms with E-state index in [-0.39, 0.29) is 47.2 Å². The molecule has 10 nitrogen and oxygen atoms in total. The van der Waals surface area contributed by atoms with E-state index in [1.807, 2.05) is 32.0 Å². The first-order valence-corrected chi connectivity index (χ1v) is 12.8. The van der Waals surface area contributed by atoms with Crippen molar-refractivity contribution in [3.8, 4) is 17.1 Å². The van der Waals surface area contributed by atoms with Crippen LogP contribution in [0.5, 0.6) is 5.88 Å². The number of aryl methyl sites for hydroxylation is 3. The van der Waals surface area contributed by atoms with E-state index in [1.165, 1.54) is 17.8 Å². The first-order chi connectivity index (χ1) is 16.3. The third-order valence-electron chi connectivity index (χ3n) is 5.31. The van der Waals surface area contributed by atoms with Crippen molar-refractivity contribution in [1.29, 1.82) is 0 Å². The highest BCUT2D eigenvalue weighted by Gasteiger charge is 2.23. The number of nitrogens with two attached hydrogens (primary N) is 1. The highest BCUT2D eigenvalue weighted by molar-refractivity contribution is 7.92. The molecule has 3 aromatic rings. The van der Waals surface area contributed by atoms with Gasteiger partial charge in [0.2, 0.25) is 11.8 Å². The Morgan fingerprint density at radius 2 is 1.83 bits per heavy atom. The Morgan fingerprint density at radius 1 is 1.17 bits per heavy atom. The van der Waals surface area contributed by atoms with Crippen molar-refractivity contribution in [2.24, 2.45) is 18.2 Å². The van der Waals surface area contributed by atoms with E-state index in [0.29, 0.717) is 5.69 Å². The predicted molar refractivity (Wildman–Crippen MR) is 134 cm³/mol. The lowest BCUT2D eigenvalue weighted by Gasteiger charge is -2.23. The molecule has 2 heterocycles. The third kappa shape index (κ3) is 6.77. The second-order valence-electron chi connectivity index (χ2n) is 9.88. The maximum Gasteiger partial charge on any atom is 0.281 e. The van der Waals surface area contributed by atoms with Crippen LogP contribution in [0.1, 0.15) is 44.0 Å². The van der Waals surface area contributed by atoms with Crippen LogP contribution in [0.25, 0.3) is 11.3 Å². The smallest absolute Gasteiger partial charge is 0.281 e. The summed E-state index contributed by atoms with van der Waals surface area (Å²) < 4.78 is 35.6. The van der Waals surface area contributed by atoms with Crippen LogP contribution < -0.4 is 15.2 Å². The Hall–Kier alpha value is -3.02. The topological polar surface area (TPSA) is 145 Å². The van der Waals surface area contributed by atoms with E-state index in [1.54, 1.807) is 6.07 Å². The Labute approximate surface area is 206 Å². The molecular weight excluding hydrogens is 468 g/mol. The Balaban J connectivity index is 2.00. The van der Waals surface area contributed by atoms with Gasteiger partial charge in [-0.15, -0.1) is 0 Å². The molecule has 0 saturated heterocycles. The fraction of sp³-hybridized carbons (Fsp3) is 0.458. The first-order valence-electron chi connectivity index (χ1n) is 11.3. The summed E-state index contributed by atoms with van der Waals surface area (Å²) in [5, 5.41) is 13.2. The summed E-state index contributed by atoms with van der Waals surface area (Å²) >= 11 is 0. The highest BCUT2D eigenvalue weighted by atomic mass is 32.2. The van der Waals surface area contributed by atoms with Gasteiger partial charge in [-0.25, -0.2) is 9.71 Å². The molecule has 2 aromatic heterocycles. The number of anilines is 1. The molecule has 0 aliphatic carbocycles. The van der Waals surface area contributed by atoms with Gasteiger partial charge in [-0.1, -0.05) is 39.0 Å². The number of aromatic nitrogens is 4. The summed E-state index contributed by atoms with van der Waals surface area (Å²) in [7, 11) is -2.61. The van der Waals surface area contributed by atoms with Gasteiger partial charge in [0.1, 0.15) is 6.61 Å². The number of nitrogens with one attached hydrogen (secondary N) is 1. The van der Waals surface area contributed by atoms with Crippen molar-refractivity contribution in [3.63, 3.8) is 0 Å². The van der Waals surface area contributed by atoms with Crippen molar-refractivity contribution in [1.82, 2.24) is 19.7 Å². The molecule has 0 radical (unpaired) electrons. The van der Waals surface area contributed by atoms with Gasteiger partial charge in [-0.2, -0.15) is 18.5 Å². The third-order valence-corrected chi connectivity index (χ3v) is 6.69. The average Bonchev–Trinajstić information content (AvgIpc) is 3.12. The van der Waals surface area contributed by atoms with Crippen LogP contribution in [-0.2, 0) is 23.7 Å². The summed E-state index contributed by atoms with van der Waals surface area (Å²) in [6, 6.07) is 8.62. The van der Waals surface area contributed by atoms with Crippen LogP contribution in [0.4, 0.5) is 5.95 Å². The molecule has 3 rings (SSSR count). The van der Waals surface area contributed by atoms with Crippen LogP contribution in [0.15, 0.2) is 35.4 Å². The molecule has 11 heteroatoms. The summed E-state index contributed by atoms with van der Waals surface area (Å²) in [6.45, 7) is 10.1. The fourth-order valence-electron chi connectivity index (χ4n) is 3.94. The van der Waals surface area contributed by atoms with E-state index in [0.717, 1.165) is 23.1 Å². The standard InChI is InChI=1S/C24H34N6O4S/c1-15-8-7-9-16(2)22(15)19-11-20(34-14-17(25)12-24(3,4)5)27-23(26-19)29-35(32,33)21-10-18(13-31)28-30(21)6/h7-11,17,31H,12-14,25H2,1-6H3,(H,26,27,29)/t17-/m1/s1. The minimum absolute atomic E-state index is 0.0369. The second kappa shape index (κ2) is 10.3. The zero-order valence-electron chi connectivity index (χ0n) is 21.0. The monoisotopic (exact) mass is 502 g/mol. The lowest BCUT2D eigenvalue weighted by Crippen LogP contribution is -2.32. The van der Waals surface area contributed by atoms with Gasteiger partial charge in [0.05, 0.1) is 18.0 Å². The summed E-state index contributed by atoms with van der Waals surface area (Å²) in [4.78, 5) is 8.78. The van der Waals surface area contributed by atoms with Crippen molar-refractivity contribution in [2.45, 2.75) is 58.7 Å². The van der Waals surface area contributed by atoms with E-state index in [4.69, 9.17) is 10.5 Å². The van der Waals surface area contributed by atoms with E-state index < -0.39 is 10.0 Å². The molecule has 0 spiro atoms. The Kier molecular flexibility index (Phi) is 7.83. The second-order valence-corrected chi connectivity index (χ2v) is 11.5. The lowest BCUT2D eigenvalue weighted by molar-refractivity contribution is 0.235. The normalized spacial score (nSPS) is 13.0. The van der Waals surface area contributed by atoms with Gasteiger partial charge in [0.15, 0.2) is 5.03 Å². The van der Waals surface area contributed by atoms with Gasteiger partial charge in [0.25, 0.3) is 10.0 Å². The molecule has 190 valence electrons. The van der Waals surface area contributed by atoms with E-state index >= 15 is 0 Å². The first kappa shape index (κ1) is 26.6. The van der Waals surface area contributed by atoms with Crippen molar-refractivity contribution in [2.75, 3.05) is 11.3 Å². The molecule has 0 bridgehead atoms. The summed E-state index contributed by atoms with van der Waals surface area (Å²) in [5.41, 5.74) is 9.85. The number of ether oxygens (including phenoxy) is 1. The maximum absolute atomic E-state index is 13.1. The van der Waals surface area contributed by atoms with Gasteiger partial charge in [0, 0.05) is 30.8 Å². The lowest BCUT2D eigenvalue weighted by atomic mass is 9.89. The summed E-state index contributed by atoms with van der Waals surface area (Å²) in [5.74, 6) is 0.0667. The fourth-order valence-corrected chi connectivity index (χ4v) is 5.05. The number of nitrogens with zero attached hydrogens (tertiary/aromatic N) is 4. The van der Waals surface area contributed by atoms with Crippen LogP contribution in [0.3, 0.4) is 0 Å². The van der Waals surface area contributed by atoms with Crippen LogP contribution in [-0.4, -0.2) is 45.9 Å². The van der Waals surface area contributed by atoms with Crippen molar-refractivity contribution in [3.05, 3.63) is 47.2 Å². The van der Waals surface area contributed by atoms with Crippen molar-refractivity contribution < 1.29 is 18.3 Å². The quantitative estimate of drug-likeness (QED) is 0.405. The van der Waals surface area contributed by atoms with E-state index in [2.05, 4.69) is 40.6 Å². The number of hydrogen-bond donors (Lipinski definition) is 3. The Morgan fingerprint density at radius 3 is 2.40 bits per heavy atom. The number of rotatable bonds is 9. The molecule has 0 amide bonds. The van der Waals surface area contributed by atoms with Crippen LogP contribution >= 0.6 is 0 Å². The zero-order valence-corrected chi connectivity index (χ0v) is 21.8.